The van der Waals surface area contributed by atoms with Gasteiger partial charge in [0.25, 0.3) is 0 Å². The summed E-state index contributed by atoms with van der Waals surface area (Å²) in [6, 6.07) is 16.4. The molecule has 0 spiro atoms. The number of ether oxygens (including phenoxy) is 1. The summed E-state index contributed by atoms with van der Waals surface area (Å²) in [4.78, 5) is 2.32. The first kappa shape index (κ1) is 15.8. The summed E-state index contributed by atoms with van der Waals surface area (Å²) in [5.74, 6) is 0. The Balaban J connectivity index is 1.69. The monoisotopic (exact) mass is 327 g/mol. The quantitative estimate of drug-likeness (QED) is 0.842. The van der Waals surface area contributed by atoms with Crippen molar-refractivity contribution in [2.75, 3.05) is 41.8 Å². The highest BCUT2D eigenvalue weighted by atomic mass is 32.1. The van der Waals surface area contributed by atoms with Crippen molar-refractivity contribution in [3.63, 3.8) is 0 Å². The second-order valence-electron chi connectivity index (χ2n) is 5.56. The Bertz CT molecular complexity index is 666. The van der Waals surface area contributed by atoms with E-state index in [1.54, 1.807) is 0 Å². The van der Waals surface area contributed by atoms with Crippen molar-refractivity contribution in [1.82, 2.24) is 0 Å². The van der Waals surface area contributed by atoms with E-state index in [0.29, 0.717) is 5.11 Å². The number of rotatable bonds is 3. The number of benzene rings is 2. The van der Waals surface area contributed by atoms with Gasteiger partial charge in [0.1, 0.15) is 0 Å². The molecule has 1 aliphatic heterocycles. The molecule has 0 unspecified atom stereocenters. The van der Waals surface area contributed by atoms with Crippen LogP contribution in [0.25, 0.3) is 0 Å². The number of hydrogen-bond donors (Lipinski definition) is 2. The van der Waals surface area contributed by atoms with Crippen LogP contribution < -0.4 is 15.5 Å². The summed E-state index contributed by atoms with van der Waals surface area (Å²) in [6.07, 6.45) is 0. The minimum Gasteiger partial charge on any atom is -0.378 e. The van der Waals surface area contributed by atoms with Crippen molar-refractivity contribution < 1.29 is 4.74 Å². The number of anilines is 3. The van der Waals surface area contributed by atoms with Gasteiger partial charge in [-0.3, -0.25) is 0 Å². The molecule has 0 aromatic heterocycles. The maximum Gasteiger partial charge on any atom is 0.175 e. The summed E-state index contributed by atoms with van der Waals surface area (Å²) < 4.78 is 5.43. The Morgan fingerprint density at radius 2 is 1.70 bits per heavy atom. The minimum atomic E-state index is 0.592. The molecule has 1 aliphatic rings. The molecule has 120 valence electrons. The van der Waals surface area contributed by atoms with Gasteiger partial charge < -0.3 is 20.3 Å². The number of nitrogens with zero attached hydrogens (tertiary/aromatic N) is 1. The number of thiocarbonyl (C=S) groups is 1. The zero-order valence-corrected chi connectivity index (χ0v) is 14.0. The molecule has 23 heavy (non-hydrogen) atoms. The first-order valence-corrected chi connectivity index (χ1v) is 8.19. The Morgan fingerprint density at radius 1 is 1.00 bits per heavy atom. The summed E-state index contributed by atoms with van der Waals surface area (Å²) in [5, 5.41) is 7.13. The molecule has 2 aromatic carbocycles. The highest BCUT2D eigenvalue weighted by Gasteiger charge is 2.14. The molecular formula is C18H21N3OS. The van der Waals surface area contributed by atoms with Crippen LogP contribution in [0.4, 0.5) is 17.1 Å². The average Bonchev–Trinajstić information content (AvgIpc) is 2.58. The van der Waals surface area contributed by atoms with Crippen LogP contribution in [0.3, 0.4) is 0 Å². The molecule has 2 aromatic rings. The van der Waals surface area contributed by atoms with E-state index in [-0.39, 0.29) is 0 Å². The summed E-state index contributed by atoms with van der Waals surface area (Å²) in [6.45, 7) is 5.40. The van der Waals surface area contributed by atoms with Crippen molar-refractivity contribution >= 4 is 34.4 Å². The third-order valence-electron chi connectivity index (χ3n) is 3.81. The molecule has 2 N–H and O–H groups in total. The lowest BCUT2D eigenvalue weighted by molar-refractivity contribution is 0.123. The first-order valence-electron chi connectivity index (χ1n) is 7.79. The van der Waals surface area contributed by atoms with Crippen LogP contribution in [0.5, 0.6) is 0 Å². The normalized spacial score (nSPS) is 14.4. The maximum absolute atomic E-state index is 5.45. The number of para-hydroxylation sites is 2. The van der Waals surface area contributed by atoms with Crippen molar-refractivity contribution in [1.29, 1.82) is 0 Å². The van der Waals surface area contributed by atoms with Crippen LogP contribution in [0.15, 0.2) is 48.5 Å². The molecule has 0 radical (unpaired) electrons. The van der Waals surface area contributed by atoms with E-state index < -0.39 is 0 Å². The van der Waals surface area contributed by atoms with Gasteiger partial charge >= 0.3 is 0 Å². The molecule has 1 fully saturated rings. The third kappa shape index (κ3) is 4.21. The van der Waals surface area contributed by atoms with Gasteiger partial charge in [0.05, 0.1) is 24.6 Å². The van der Waals surface area contributed by atoms with Crippen molar-refractivity contribution in [2.45, 2.75) is 6.92 Å². The fraction of sp³-hybridized carbons (Fsp3) is 0.278. The molecule has 0 aliphatic carbocycles. The fourth-order valence-corrected chi connectivity index (χ4v) is 2.81. The molecule has 0 atom stereocenters. The number of nitrogens with one attached hydrogen (secondary N) is 2. The van der Waals surface area contributed by atoms with E-state index in [0.717, 1.165) is 43.4 Å². The van der Waals surface area contributed by atoms with Crippen LogP contribution in [-0.2, 0) is 4.74 Å². The smallest absolute Gasteiger partial charge is 0.175 e. The second-order valence-corrected chi connectivity index (χ2v) is 5.97. The van der Waals surface area contributed by atoms with E-state index in [1.165, 1.54) is 5.56 Å². The van der Waals surface area contributed by atoms with Gasteiger partial charge in [0.2, 0.25) is 0 Å². The van der Waals surface area contributed by atoms with E-state index in [1.807, 2.05) is 30.3 Å². The topological polar surface area (TPSA) is 36.5 Å². The molecule has 0 bridgehead atoms. The van der Waals surface area contributed by atoms with Gasteiger partial charge in [0.15, 0.2) is 5.11 Å². The van der Waals surface area contributed by atoms with E-state index >= 15 is 0 Å². The molecule has 1 heterocycles. The zero-order chi connectivity index (χ0) is 16.1. The van der Waals surface area contributed by atoms with E-state index in [4.69, 9.17) is 17.0 Å². The molecular weight excluding hydrogens is 306 g/mol. The van der Waals surface area contributed by atoms with Crippen molar-refractivity contribution in [2.24, 2.45) is 0 Å². The standard InChI is InChI=1S/C18H21N3OS/c1-14-6-8-15(9-7-14)19-18(23)20-16-4-2-3-5-17(16)21-10-12-22-13-11-21/h2-9H,10-13H2,1H3,(H2,19,20,23). The van der Waals surface area contributed by atoms with Crippen LogP contribution in [0, 0.1) is 6.92 Å². The highest BCUT2D eigenvalue weighted by molar-refractivity contribution is 7.80. The minimum absolute atomic E-state index is 0.592. The Kier molecular flexibility index (Phi) is 5.10. The Labute approximate surface area is 142 Å². The zero-order valence-electron chi connectivity index (χ0n) is 13.2. The van der Waals surface area contributed by atoms with Gasteiger partial charge in [-0.25, -0.2) is 0 Å². The maximum atomic E-state index is 5.45. The van der Waals surface area contributed by atoms with Crippen LogP contribution >= 0.6 is 12.2 Å². The average molecular weight is 327 g/mol. The SMILES string of the molecule is Cc1ccc(NC(=S)Nc2ccccc2N2CCOCC2)cc1. The predicted octanol–water partition coefficient (Wildman–Crippen LogP) is 3.64. The summed E-state index contributed by atoms with van der Waals surface area (Å²) in [5.41, 5.74) is 4.38. The lowest BCUT2D eigenvalue weighted by atomic mass is 10.2. The number of morpholine rings is 1. The van der Waals surface area contributed by atoms with Crippen molar-refractivity contribution in [3.8, 4) is 0 Å². The highest BCUT2D eigenvalue weighted by Crippen LogP contribution is 2.26. The largest absolute Gasteiger partial charge is 0.378 e. The molecule has 0 saturated carbocycles. The van der Waals surface area contributed by atoms with Gasteiger partial charge in [-0.2, -0.15) is 0 Å². The number of hydrogen-bond acceptors (Lipinski definition) is 3. The molecule has 0 amide bonds. The second kappa shape index (κ2) is 7.44. The summed E-state index contributed by atoms with van der Waals surface area (Å²) >= 11 is 5.45. The van der Waals surface area contributed by atoms with Crippen LogP contribution in [0.2, 0.25) is 0 Å². The van der Waals surface area contributed by atoms with Gasteiger partial charge in [-0.1, -0.05) is 29.8 Å². The molecule has 4 nitrogen and oxygen atoms in total. The lowest BCUT2D eigenvalue weighted by Crippen LogP contribution is -2.36. The predicted molar refractivity (Wildman–Crippen MR) is 100 cm³/mol. The van der Waals surface area contributed by atoms with Gasteiger partial charge in [-0.05, 0) is 43.4 Å². The van der Waals surface area contributed by atoms with Crippen molar-refractivity contribution in [3.05, 3.63) is 54.1 Å². The van der Waals surface area contributed by atoms with E-state index in [2.05, 4.69) is 40.7 Å². The lowest BCUT2D eigenvalue weighted by Gasteiger charge is -2.30. The summed E-state index contributed by atoms with van der Waals surface area (Å²) in [7, 11) is 0. The first-order chi connectivity index (χ1) is 11.2. The third-order valence-corrected chi connectivity index (χ3v) is 4.02. The fourth-order valence-electron chi connectivity index (χ4n) is 2.58. The van der Waals surface area contributed by atoms with Gasteiger partial charge in [0, 0.05) is 18.8 Å². The van der Waals surface area contributed by atoms with E-state index in [9.17, 15) is 0 Å². The molecule has 1 saturated heterocycles. The van der Waals surface area contributed by atoms with Crippen LogP contribution in [0.1, 0.15) is 5.56 Å². The molecule has 3 rings (SSSR count). The number of aryl methyl sites for hydroxylation is 1. The van der Waals surface area contributed by atoms with Crippen LogP contribution in [-0.4, -0.2) is 31.4 Å². The molecule has 5 heteroatoms. The van der Waals surface area contributed by atoms with Gasteiger partial charge in [-0.15, -0.1) is 0 Å². The Hall–Kier alpha value is -2.11. The Morgan fingerprint density at radius 3 is 2.43 bits per heavy atom.